The van der Waals surface area contributed by atoms with Gasteiger partial charge in [0.2, 0.25) is 0 Å². The molecular weight excluding hydrogens is 543 g/mol. The first-order valence-corrected chi connectivity index (χ1v) is 16.1. The fraction of sp³-hybridized carbons (Fsp3) is 0.333. The zero-order chi connectivity index (χ0) is 31.8. The van der Waals surface area contributed by atoms with Crippen molar-refractivity contribution < 1.29 is 24.3 Å². The highest BCUT2D eigenvalue weighted by Gasteiger charge is 2.23. The summed E-state index contributed by atoms with van der Waals surface area (Å²) in [6.45, 7) is 17.0. The number of benzene rings is 4. The number of aromatic hydroxyl groups is 2. The van der Waals surface area contributed by atoms with Crippen molar-refractivity contribution in [2.75, 3.05) is 0 Å². The maximum absolute atomic E-state index is 12.9. The van der Waals surface area contributed by atoms with Crippen molar-refractivity contribution in [3.05, 3.63) is 97.1 Å². The molecule has 0 aliphatic heterocycles. The average Bonchev–Trinajstić information content (AvgIpc) is 2.98. The summed E-state index contributed by atoms with van der Waals surface area (Å²) in [6.07, 6.45) is 5.00. The van der Waals surface area contributed by atoms with E-state index in [4.69, 9.17) is 9.47 Å². The SMILES string of the molecule is CCC.CCC.CCC.CCC.O=[P+](c1ccc(Oc2ccc(O)cc2)cc1)c1ccc(Oc2ccc(O)cc2)cc1. The summed E-state index contributed by atoms with van der Waals surface area (Å²) < 4.78 is 24.3. The predicted octanol–water partition coefficient (Wildman–Crippen LogP) is 11.1. The van der Waals surface area contributed by atoms with Crippen molar-refractivity contribution in [3.63, 3.8) is 0 Å². The summed E-state index contributed by atoms with van der Waals surface area (Å²) in [5, 5.41) is 20.0. The van der Waals surface area contributed by atoms with Crippen LogP contribution in [0.3, 0.4) is 0 Å². The van der Waals surface area contributed by atoms with E-state index in [-0.39, 0.29) is 11.5 Å². The van der Waals surface area contributed by atoms with Crippen LogP contribution in [0.15, 0.2) is 97.1 Å². The van der Waals surface area contributed by atoms with Crippen molar-refractivity contribution in [1.29, 1.82) is 0 Å². The van der Waals surface area contributed by atoms with Gasteiger partial charge in [0.25, 0.3) is 0 Å². The second kappa shape index (κ2) is 23.8. The Morgan fingerprint density at radius 3 is 0.833 bits per heavy atom. The number of phenolic OH excluding ortho intramolecular Hbond substituents is 2. The molecule has 4 rings (SSSR count). The lowest BCUT2D eigenvalue weighted by Gasteiger charge is -2.05. The van der Waals surface area contributed by atoms with Crippen LogP contribution in [-0.4, -0.2) is 10.2 Å². The van der Waals surface area contributed by atoms with Gasteiger partial charge in [-0.15, -0.1) is 0 Å². The zero-order valence-corrected chi connectivity index (χ0v) is 27.5. The summed E-state index contributed by atoms with van der Waals surface area (Å²) in [6, 6.07) is 27.0. The fourth-order valence-corrected chi connectivity index (χ4v) is 3.89. The number of hydrogen-bond acceptors (Lipinski definition) is 5. The van der Waals surface area contributed by atoms with E-state index in [1.165, 1.54) is 25.7 Å². The monoisotopic (exact) mass is 593 g/mol. The Hall–Kier alpha value is -3.82. The molecule has 4 aromatic carbocycles. The van der Waals surface area contributed by atoms with Crippen LogP contribution in [0.4, 0.5) is 0 Å². The lowest BCUT2D eigenvalue weighted by atomic mass is 10.3. The van der Waals surface area contributed by atoms with E-state index in [0.717, 1.165) is 0 Å². The minimum Gasteiger partial charge on any atom is -0.508 e. The number of phenols is 2. The van der Waals surface area contributed by atoms with Crippen LogP contribution in [0, 0.1) is 0 Å². The molecule has 0 saturated heterocycles. The molecule has 0 aliphatic rings. The molecule has 0 amide bonds. The van der Waals surface area contributed by atoms with Gasteiger partial charge in [-0.3, -0.25) is 0 Å². The van der Waals surface area contributed by atoms with Crippen molar-refractivity contribution in [1.82, 2.24) is 0 Å². The Morgan fingerprint density at radius 2 is 0.619 bits per heavy atom. The predicted molar refractivity (Wildman–Crippen MR) is 180 cm³/mol. The first-order valence-electron chi connectivity index (χ1n) is 14.8. The molecule has 0 atom stereocenters. The Balaban J connectivity index is 0.00000121. The van der Waals surface area contributed by atoms with Crippen LogP contribution in [0.2, 0.25) is 0 Å². The standard InChI is InChI=1S/C24H17O5P.4C3H8/c25-17-1-5-19(6-2-17)28-21-9-13-23(14-10-21)30(27)24-15-11-22(12-16-24)29-20-7-3-18(26)4-8-20;4*1-3-2/h1-16H,(H-,25,26);4*3H2,1-2H3/p+1. The van der Waals surface area contributed by atoms with Gasteiger partial charge in [0, 0.05) is 0 Å². The first-order chi connectivity index (χ1) is 20.2. The zero-order valence-electron chi connectivity index (χ0n) is 26.6. The van der Waals surface area contributed by atoms with Crippen molar-refractivity contribution in [2.45, 2.75) is 81.1 Å². The molecule has 42 heavy (non-hydrogen) atoms. The van der Waals surface area contributed by atoms with Gasteiger partial charge in [-0.2, -0.15) is 0 Å². The highest BCUT2D eigenvalue weighted by atomic mass is 31.1. The number of rotatable bonds is 6. The highest BCUT2D eigenvalue weighted by Crippen LogP contribution is 2.27. The maximum Gasteiger partial charge on any atom is 0.415 e. The molecular formula is C36H50O5P+. The molecule has 6 heteroatoms. The molecule has 0 heterocycles. The summed E-state index contributed by atoms with van der Waals surface area (Å²) in [5.41, 5.74) is 0. The maximum atomic E-state index is 12.9. The smallest absolute Gasteiger partial charge is 0.415 e. The van der Waals surface area contributed by atoms with Gasteiger partial charge in [-0.05, 0) is 97.1 Å². The minimum atomic E-state index is -1.75. The van der Waals surface area contributed by atoms with Crippen LogP contribution in [0.25, 0.3) is 0 Å². The lowest BCUT2D eigenvalue weighted by molar-refractivity contribution is 0.464. The second-order valence-corrected chi connectivity index (χ2v) is 10.9. The molecule has 2 N–H and O–H groups in total. The van der Waals surface area contributed by atoms with Crippen molar-refractivity contribution in [2.24, 2.45) is 0 Å². The normalized spacial score (nSPS) is 9.14. The molecule has 0 spiro atoms. The van der Waals surface area contributed by atoms with Crippen LogP contribution >= 0.6 is 7.80 Å². The Kier molecular flexibility index (Phi) is 21.7. The highest BCUT2D eigenvalue weighted by molar-refractivity contribution is 7.61. The van der Waals surface area contributed by atoms with Gasteiger partial charge in [0.15, 0.2) is 10.6 Å². The Morgan fingerprint density at radius 1 is 0.429 bits per heavy atom. The van der Waals surface area contributed by atoms with E-state index >= 15 is 0 Å². The van der Waals surface area contributed by atoms with Crippen LogP contribution < -0.4 is 20.1 Å². The van der Waals surface area contributed by atoms with E-state index in [1.807, 2.05) is 0 Å². The molecule has 0 saturated carbocycles. The largest absolute Gasteiger partial charge is 0.508 e. The van der Waals surface area contributed by atoms with Crippen molar-refractivity contribution in [3.8, 4) is 34.5 Å². The molecule has 0 radical (unpaired) electrons. The molecule has 0 aromatic heterocycles. The van der Waals surface area contributed by atoms with Gasteiger partial charge in [0.05, 0.1) is 0 Å². The van der Waals surface area contributed by atoms with Crippen molar-refractivity contribution >= 4 is 18.4 Å². The summed E-state index contributed by atoms with van der Waals surface area (Å²) in [7, 11) is -1.75. The van der Waals surface area contributed by atoms with Crippen LogP contribution in [0.5, 0.6) is 34.5 Å². The third-order valence-electron chi connectivity index (χ3n) is 4.29. The van der Waals surface area contributed by atoms with E-state index in [0.29, 0.717) is 33.6 Å². The molecule has 228 valence electrons. The Labute approximate surface area is 255 Å². The van der Waals surface area contributed by atoms with Gasteiger partial charge in [-0.1, -0.05) is 85.6 Å². The summed E-state index contributed by atoms with van der Waals surface area (Å²) in [5.74, 6) is 2.79. The minimum absolute atomic E-state index is 0.175. The van der Waals surface area contributed by atoms with E-state index in [9.17, 15) is 14.8 Å². The molecule has 0 fully saturated rings. The Bertz CT molecular complexity index is 1100. The van der Waals surface area contributed by atoms with Gasteiger partial charge in [0.1, 0.15) is 34.5 Å². The molecule has 0 aliphatic carbocycles. The van der Waals surface area contributed by atoms with Crippen LogP contribution in [0.1, 0.15) is 81.1 Å². The second-order valence-electron chi connectivity index (χ2n) is 9.30. The quantitative estimate of drug-likeness (QED) is 0.218. The van der Waals surface area contributed by atoms with Gasteiger partial charge >= 0.3 is 7.80 Å². The third-order valence-corrected chi connectivity index (χ3v) is 5.82. The molecule has 0 unspecified atom stereocenters. The number of hydrogen-bond donors (Lipinski definition) is 2. The first kappa shape index (κ1) is 38.2. The fourth-order valence-electron chi connectivity index (χ4n) is 2.75. The molecule has 0 bridgehead atoms. The molecule has 5 nitrogen and oxygen atoms in total. The van der Waals surface area contributed by atoms with Gasteiger partial charge in [-0.25, -0.2) is 0 Å². The van der Waals surface area contributed by atoms with Crippen LogP contribution in [-0.2, 0) is 4.57 Å². The lowest BCUT2D eigenvalue weighted by Crippen LogP contribution is -2.06. The summed E-state index contributed by atoms with van der Waals surface area (Å²) >= 11 is 0. The average molecular weight is 594 g/mol. The topological polar surface area (TPSA) is 76.0 Å². The van der Waals surface area contributed by atoms with E-state index < -0.39 is 7.80 Å². The summed E-state index contributed by atoms with van der Waals surface area (Å²) in [4.78, 5) is 0. The molecule has 4 aromatic rings. The third kappa shape index (κ3) is 16.4. The number of ether oxygens (including phenoxy) is 2. The van der Waals surface area contributed by atoms with E-state index in [2.05, 4.69) is 55.4 Å². The van der Waals surface area contributed by atoms with Gasteiger partial charge < -0.3 is 19.7 Å². The van der Waals surface area contributed by atoms with E-state index in [1.54, 1.807) is 97.1 Å².